The molecule has 1 atom stereocenters. The van der Waals surface area contributed by atoms with Crippen molar-refractivity contribution < 1.29 is 38.4 Å². The Kier molecular flexibility index (Phi) is 10.5. The molecular formula is C33H38N6O10. The molecule has 4 amide bonds. The number of esters is 1. The number of aromatic nitrogens is 1. The van der Waals surface area contributed by atoms with Crippen molar-refractivity contribution in [3.05, 3.63) is 68.1 Å². The molecule has 4 N–H and O–H groups in total. The van der Waals surface area contributed by atoms with Gasteiger partial charge in [-0.3, -0.25) is 38.9 Å². The number of nitrogens with zero attached hydrogens (tertiary/aromatic N) is 2. The fourth-order valence-corrected chi connectivity index (χ4v) is 7.65. The summed E-state index contributed by atoms with van der Waals surface area (Å²) in [4.78, 5) is 99.9. The van der Waals surface area contributed by atoms with E-state index < -0.39 is 64.5 Å². The van der Waals surface area contributed by atoms with Crippen LogP contribution < -0.4 is 26.8 Å². The minimum Gasteiger partial charge on any atom is -0.465 e. The Bertz CT molecular complexity index is 1730. The second kappa shape index (κ2) is 14.8. The first kappa shape index (κ1) is 34.9. The molecule has 16 heteroatoms. The molecule has 0 saturated heterocycles. The number of ketones is 1. The molecule has 16 nitrogen and oxygen atoms in total. The van der Waals surface area contributed by atoms with E-state index in [0.29, 0.717) is 11.8 Å². The lowest BCUT2D eigenvalue weighted by Crippen LogP contribution is -2.56. The molecule has 1 aromatic heterocycles. The van der Waals surface area contributed by atoms with E-state index in [1.165, 1.54) is 31.8 Å². The van der Waals surface area contributed by atoms with E-state index in [9.17, 15) is 43.7 Å². The van der Waals surface area contributed by atoms with Gasteiger partial charge in [0, 0.05) is 43.4 Å². The summed E-state index contributed by atoms with van der Waals surface area (Å²) in [5.74, 6) is -2.68. The number of ether oxygens (including phenoxy) is 1. The number of likely N-dealkylation sites (N-methyl/N-ethyl adjacent to an activating group) is 1. The second-order valence-corrected chi connectivity index (χ2v) is 13.0. The van der Waals surface area contributed by atoms with E-state index in [0.717, 1.165) is 67.4 Å². The number of amides is 4. The van der Waals surface area contributed by atoms with Crippen LogP contribution in [0.5, 0.6) is 0 Å². The number of methoxy groups -OCH3 is 1. The zero-order chi connectivity index (χ0) is 35.4. The molecule has 4 aliphatic carbocycles. The molecule has 4 fully saturated rings. The highest BCUT2D eigenvalue weighted by Gasteiger charge is 2.48. The normalized spacial score (nSPS) is 22.4. The van der Waals surface area contributed by atoms with Crippen LogP contribution >= 0.6 is 0 Å². The fourth-order valence-electron chi connectivity index (χ4n) is 7.65. The lowest BCUT2D eigenvalue weighted by Gasteiger charge is -2.54. The average molecular weight is 679 g/mol. The fraction of sp³-hybridized carbons (Fsp3) is 0.485. The van der Waals surface area contributed by atoms with Gasteiger partial charge in [0.2, 0.25) is 17.6 Å². The van der Waals surface area contributed by atoms with Gasteiger partial charge in [0.15, 0.2) is 0 Å². The summed E-state index contributed by atoms with van der Waals surface area (Å²) in [6.07, 6.45) is 6.26. The third-order valence-electron chi connectivity index (χ3n) is 9.72. The van der Waals surface area contributed by atoms with Gasteiger partial charge in [0.1, 0.15) is 18.3 Å². The zero-order valence-corrected chi connectivity index (χ0v) is 27.1. The predicted octanol–water partition coefficient (Wildman–Crippen LogP) is 1.32. The van der Waals surface area contributed by atoms with Crippen LogP contribution in [0.1, 0.15) is 65.7 Å². The summed E-state index contributed by atoms with van der Waals surface area (Å²) in [6.45, 7) is -0.276. The first-order valence-corrected chi connectivity index (χ1v) is 16.1. The smallest absolute Gasteiger partial charge is 0.338 e. The maximum atomic E-state index is 13.5. The van der Waals surface area contributed by atoms with E-state index in [1.807, 2.05) is 0 Å². The summed E-state index contributed by atoms with van der Waals surface area (Å²) in [5.41, 5.74) is -2.16. The van der Waals surface area contributed by atoms with Crippen molar-refractivity contribution in [1.82, 2.24) is 20.5 Å². The quantitative estimate of drug-likeness (QED) is 0.103. The molecule has 0 spiro atoms. The summed E-state index contributed by atoms with van der Waals surface area (Å²) in [5, 5.41) is 21.6. The van der Waals surface area contributed by atoms with Gasteiger partial charge in [-0.2, -0.15) is 0 Å². The largest absolute Gasteiger partial charge is 0.465 e. The van der Waals surface area contributed by atoms with Gasteiger partial charge >= 0.3 is 5.97 Å². The molecule has 1 aromatic carbocycles. The minimum absolute atomic E-state index is 0.0792. The third-order valence-corrected chi connectivity index (χ3v) is 9.72. The number of Topliss-reactive ketones (excluding diaryl/α,β-unsaturated/α-hetero) is 1. The topological polar surface area (TPSA) is 225 Å². The summed E-state index contributed by atoms with van der Waals surface area (Å²) < 4.78 is 5.76. The minimum atomic E-state index is -1.52. The molecule has 1 heterocycles. The zero-order valence-electron chi connectivity index (χ0n) is 27.1. The maximum Gasteiger partial charge on any atom is 0.338 e. The molecule has 0 aliphatic heterocycles. The molecule has 0 radical (unpaired) electrons. The third kappa shape index (κ3) is 8.01. The monoisotopic (exact) mass is 678 g/mol. The van der Waals surface area contributed by atoms with Gasteiger partial charge in [-0.15, -0.1) is 0 Å². The van der Waals surface area contributed by atoms with Crippen LogP contribution in [0.2, 0.25) is 0 Å². The van der Waals surface area contributed by atoms with Crippen molar-refractivity contribution in [1.29, 1.82) is 0 Å². The number of non-ortho nitro benzene ring substituents is 1. The molecule has 260 valence electrons. The van der Waals surface area contributed by atoms with Crippen LogP contribution in [0.4, 0.5) is 11.4 Å². The number of rotatable bonds is 13. The van der Waals surface area contributed by atoms with E-state index in [1.54, 1.807) is 0 Å². The van der Waals surface area contributed by atoms with Crippen LogP contribution in [0.25, 0.3) is 0 Å². The Hall–Kier alpha value is -5.41. The van der Waals surface area contributed by atoms with Crippen molar-refractivity contribution in [2.75, 3.05) is 19.5 Å². The first-order chi connectivity index (χ1) is 23.4. The lowest BCUT2D eigenvalue weighted by atomic mass is 9.54. The Morgan fingerprint density at radius 3 is 2.27 bits per heavy atom. The van der Waals surface area contributed by atoms with Gasteiger partial charge < -0.3 is 30.6 Å². The number of nitro benzene ring substituents is 1. The molecular weight excluding hydrogens is 640 g/mol. The SMILES string of the molecule is CNC(=O)C(=O)CC[C@H](NC(=O)c1cc(C(=O)OC)cc([N+](=O)[O-])c1)C(=O)Nc1cccn(CC(=O)NC2C3CC4CC(C3)CC2C4)c1=O. The van der Waals surface area contributed by atoms with Crippen molar-refractivity contribution in [3.63, 3.8) is 0 Å². The van der Waals surface area contributed by atoms with Gasteiger partial charge in [-0.05, 0) is 80.4 Å². The number of nitrogens with one attached hydrogen (secondary N) is 4. The predicted molar refractivity (Wildman–Crippen MR) is 172 cm³/mol. The van der Waals surface area contributed by atoms with E-state index >= 15 is 0 Å². The molecule has 4 aliphatic rings. The van der Waals surface area contributed by atoms with Gasteiger partial charge in [0.25, 0.3) is 23.1 Å². The molecule has 6 rings (SSSR count). The summed E-state index contributed by atoms with van der Waals surface area (Å²) >= 11 is 0. The van der Waals surface area contributed by atoms with Crippen LogP contribution in [-0.4, -0.2) is 71.1 Å². The van der Waals surface area contributed by atoms with Crippen molar-refractivity contribution in [2.24, 2.45) is 23.7 Å². The standard InChI is InChI=1S/C33H38N6O10/c1-34-31(44)26(40)6-5-24(35-29(42)21-13-22(33(46)49-2)15-23(14-21)39(47)48)30(43)36-25-4-3-7-38(32(25)45)16-27(41)37-28-19-9-17-8-18(11-19)12-20(28)10-17/h3-4,7,13-15,17-20,24,28H,5-6,8-12,16H2,1-2H3,(H,34,44)(H,35,42)(H,36,43)(H,37,41)/t17?,18?,19?,20?,24-,28?/m0/s1. The second-order valence-electron chi connectivity index (χ2n) is 13.0. The highest BCUT2D eigenvalue weighted by Crippen LogP contribution is 2.53. The van der Waals surface area contributed by atoms with Crippen molar-refractivity contribution >= 4 is 46.8 Å². The summed E-state index contributed by atoms with van der Waals surface area (Å²) in [7, 11) is 2.30. The van der Waals surface area contributed by atoms with E-state index in [-0.39, 0.29) is 35.3 Å². The number of pyridine rings is 1. The number of nitro groups is 1. The lowest BCUT2D eigenvalue weighted by molar-refractivity contribution is -0.384. The molecule has 4 bridgehead atoms. The van der Waals surface area contributed by atoms with E-state index in [2.05, 4.69) is 26.0 Å². The number of hydrogen-bond acceptors (Lipinski definition) is 10. The Morgan fingerprint density at radius 1 is 1.00 bits per heavy atom. The van der Waals surface area contributed by atoms with Gasteiger partial charge in [0.05, 0.1) is 17.6 Å². The Morgan fingerprint density at radius 2 is 1.65 bits per heavy atom. The van der Waals surface area contributed by atoms with Crippen LogP contribution in [0, 0.1) is 33.8 Å². The maximum absolute atomic E-state index is 13.5. The Labute approximate surface area is 280 Å². The van der Waals surface area contributed by atoms with E-state index in [4.69, 9.17) is 0 Å². The average Bonchev–Trinajstić information content (AvgIpc) is 3.08. The van der Waals surface area contributed by atoms with Gasteiger partial charge in [-0.1, -0.05) is 0 Å². The Balaban J connectivity index is 1.30. The van der Waals surface area contributed by atoms with Crippen molar-refractivity contribution in [3.8, 4) is 0 Å². The highest BCUT2D eigenvalue weighted by molar-refractivity contribution is 6.36. The highest BCUT2D eigenvalue weighted by atomic mass is 16.6. The molecule has 4 saturated carbocycles. The van der Waals surface area contributed by atoms with Crippen molar-refractivity contribution in [2.45, 2.75) is 63.6 Å². The van der Waals surface area contributed by atoms with Crippen LogP contribution in [0.15, 0.2) is 41.3 Å². The number of anilines is 1. The van der Waals surface area contributed by atoms with Gasteiger partial charge in [-0.25, -0.2) is 4.79 Å². The molecule has 2 aromatic rings. The molecule has 0 unspecified atom stereocenters. The number of benzene rings is 1. The number of carbonyl (C=O) groups excluding carboxylic acids is 6. The van der Waals surface area contributed by atoms with Crippen LogP contribution in [0.3, 0.4) is 0 Å². The summed E-state index contributed by atoms with van der Waals surface area (Å²) in [6, 6.07) is 4.17. The first-order valence-electron chi connectivity index (χ1n) is 16.1. The number of carbonyl (C=O) groups is 6. The number of hydrogen-bond donors (Lipinski definition) is 4. The molecule has 49 heavy (non-hydrogen) atoms. The van der Waals surface area contributed by atoms with Crippen LogP contribution in [-0.2, 0) is 30.5 Å².